The van der Waals surface area contributed by atoms with Crippen molar-refractivity contribution in [3.05, 3.63) is 29.8 Å². The van der Waals surface area contributed by atoms with Gasteiger partial charge in [0.2, 0.25) is 0 Å². The lowest BCUT2D eigenvalue weighted by molar-refractivity contribution is -0.139. The van der Waals surface area contributed by atoms with Gasteiger partial charge in [0.25, 0.3) is 5.91 Å². The van der Waals surface area contributed by atoms with Gasteiger partial charge >= 0.3 is 12.0 Å². The number of amides is 3. The summed E-state index contributed by atoms with van der Waals surface area (Å²) in [4.78, 5) is 34.9. The van der Waals surface area contributed by atoms with E-state index in [1.54, 1.807) is 24.3 Å². The fourth-order valence-electron chi connectivity index (χ4n) is 2.04. The van der Waals surface area contributed by atoms with E-state index >= 15 is 0 Å². The number of benzene rings is 1. The van der Waals surface area contributed by atoms with E-state index in [2.05, 4.69) is 16.0 Å². The van der Waals surface area contributed by atoms with E-state index in [1.165, 1.54) is 0 Å². The molecule has 0 heterocycles. The summed E-state index contributed by atoms with van der Waals surface area (Å²) in [7, 11) is 0. The summed E-state index contributed by atoms with van der Waals surface area (Å²) in [5.41, 5.74) is 0.887. The Hall–Kier alpha value is -2.57. The van der Waals surface area contributed by atoms with Crippen molar-refractivity contribution in [3.63, 3.8) is 0 Å². The van der Waals surface area contributed by atoms with Crippen molar-refractivity contribution in [2.45, 2.75) is 52.1 Å². The molecule has 7 heteroatoms. The summed E-state index contributed by atoms with van der Waals surface area (Å²) >= 11 is 0. The monoisotopic (exact) mass is 335 g/mol. The molecule has 0 radical (unpaired) electrons. The maximum absolute atomic E-state index is 12.1. The van der Waals surface area contributed by atoms with Crippen LogP contribution in [0.1, 0.15) is 50.4 Å². The molecule has 0 saturated carbocycles. The molecule has 0 fully saturated rings. The molecule has 0 unspecified atom stereocenters. The maximum atomic E-state index is 12.1. The smallest absolute Gasteiger partial charge is 0.326 e. The van der Waals surface area contributed by atoms with Crippen LogP contribution < -0.4 is 16.0 Å². The number of urea groups is 1. The van der Waals surface area contributed by atoms with Gasteiger partial charge in [-0.25, -0.2) is 9.59 Å². The Labute approximate surface area is 141 Å². The van der Waals surface area contributed by atoms with Gasteiger partial charge in [-0.15, -0.1) is 0 Å². The van der Waals surface area contributed by atoms with Gasteiger partial charge in [0, 0.05) is 17.3 Å². The molecule has 3 amide bonds. The highest BCUT2D eigenvalue weighted by atomic mass is 16.4. The first-order chi connectivity index (χ1) is 11.3. The highest BCUT2D eigenvalue weighted by Gasteiger charge is 2.19. The molecule has 1 atom stereocenters. The molecular weight excluding hydrogens is 310 g/mol. The van der Waals surface area contributed by atoms with Crippen molar-refractivity contribution in [1.29, 1.82) is 0 Å². The third-order valence-electron chi connectivity index (χ3n) is 3.27. The Morgan fingerprint density at radius 3 is 2.21 bits per heavy atom. The third-order valence-corrected chi connectivity index (χ3v) is 3.27. The number of anilines is 1. The number of unbranched alkanes of at least 4 members (excludes halogenated alkanes) is 1. The lowest BCUT2D eigenvalue weighted by atomic mass is 10.1. The second kappa shape index (κ2) is 9.54. The molecule has 1 aromatic carbocycles. The first-order valence-electron chi connectivity index (χ1n) is 8.04. The summed E-state index contributed by atoms with van der Waals surface area (Å²) < 4.78 is 0. The molecule has 7 nitrogen and oxygen atoms in total. The number of carbonyl (C=O) groups excluding carboxylic acids is 2. The van der Waals surface area contributed by atoms with E-state index in [4.69, 9.17) is 5.11 Å². The summed E-state index contributed by atoms with van der Waals surface area (Å²) in [6.45, 7) is 5.66. The van der Waals surface area contributed by atoms with Crippen LogP contribution in [0.3, 0.4) is 0 Å². The van der Waals surface area contributed by atoms with Crippen LogP contribution in [0.2, 0.25) is 0 Å². The molecule has 1 aromatic rings. The molecule has 0 aliphatic rings. The van der Waals surface area contributed by atoms with Crippen LogP contribution in [-0.4, -0.2) is 35.1 Å². The third kappa shape index (κ3) is 6.68. The van der Waals surface area contributed by atoms with Crippen LogP contribution >= 0.6 is 0 Å². The maximum Gasteiger partial charge on any atom is 0.326 e. The van der Waals surface area contributed by atoms with E-state index in [-0.39, 0.29) is 12.1 Å². The minimum atomic E-state index is -1.04. The van der Waals surface area contributed by atoms with Gasteiger partial charge in [-0.2, -0.15) is 0 Å². The Balaban J connectivity index is 2.65. The number of hydrogen-bond donors (Lipinski definition) is 4. The van der Waals surface area contributed by atoms with Crippen molar-refractivity contribution in [2.75, 3.05) is 5.32 Å². The zero-order chi connectivity index (χ0) is 18.1. The molecule has 0 spiro atoms. The molecule has 0 aromatic heterocycles. The Kier molecular flexibility index (Phi) is 7.74. The van der Waals surface area contributed by atoms with Gasteiger partial charge in [0.15, 0.2) is 0 Å². The van der Waals surface area contributed by atoms with Crippen LogP contribution in [-0.2, 0) is 4.79 Å². The lowest BCUT2D eigenvalue weighted by Gasteiger charge is -2.14. The van der Waals surface area contributed by atoms with E-state index in [0.29, 0.717) is 17.7 Å². The predicted octanol–water partition coefficient (Wildman–Crippen LogP) is 2.59. The highest BCUT2D eigenvalue weighted by molar-refractivity contribution is 5.97. The van der Waals surface area contributed by atoms with Crippen LogP contribution in [0, 0.1) is 0 Å². The minimum Gasteiger partial charge on any atom is -0.480 e. The number of carboxylic acid groups (broad SMARTS) is 1. The summed E-state index contributed by atoms with van der Waals surface area (Å²) in [6.07, 6.45) is 1.98. The van der Waals surface area contributed by atoms with E-state index in [9.17, 15) is 14.4 Å². The summed E-state index contributed by atoms with van der Waals surface area (Å²) in [6, 6.07) is 5.07. The number of hydrogen-bond acceptors (Lipinski definition) is 3. The van der Waals surface area contributed by atoms with Crippen molar-refractivity contribution < 1.29 is 19.5 Å². The van der Waals surface area contributed by atoms with Crippen LogP contribution in [0.5, 0.6) is 0 Å². The molecule has 0 bridgehead atoms. The minimum absolute atomic E-state index is 0.0196. The zero-order valence-corrected chi connectivity index (χ0v) is 14.3. The number of nitrogens with one attached hydrogen (secondary N) is 3. The van der Waals surface area contributed by atoms with Crippen molar-refractivity contribution in [2.24, 2.45) is 0 Å². The van der Waals surface area contributed by atoms with Gasteiger partial charge < -0.3 is 21.1 Å². The number of carboxylic acids is 1. The van der Waals surface area contributed by atoms with E-state index < -0.39 is 17.9 Å². The fraction of sp³-hybridized carbons (Fsp3) is 0.471. The van der Waals surface area contributed by atoms with Crippen molar-refractivity contribution in [3.8, 4) is 0 Å². The standard InChI is InChI=1S/C17H25N3O4/c1-4-5-6-14(16(22)23)20-15(21)12-7-9-13(10-8-12)19-17(24)18-11(2)3/h7-11,14H,4-6H2,1-3H3,(H,20,21)(H,22,23)(H2,18,19,24)/t14-/m0/s1. The summed E-state index contributed by atoms with van der Waals surface area (Å²) in [5, 5.41) is 17.0. The van der Waals surface area contributed by atoms with Gasteiger partial charge in [-0.1, -0.05) is 19.8 Å². The van der Waals surface area contributed by atoms with Crippen molar-refractivity contribution in [1.82, 2.24) is 10.6 Å². The van der Waals surface area contributed by atoms with Gasteiger partial charge in [0.1, 0.15) is 6.04 Å². The predicted molar refractivity (Wildman–Crippen MR) is 92.1 cm³/mol. The van der Waals surface area contributed by atoms with Gasteiger partial charge in [-0.05, 0) is 44.5 Å². The Bertz CT molecular complexity index is 570. The average molecular weight is 335 g/mol. The Morgan fingerprint density at radius 1 is 1.08 bits per heavy atom. The van der Waals surface area contributed by atoms with Crippen LogP contribution in [0.15, 0.2) is 24.3 Å². The first-order valence-corrected chi connectivity index (χ1v) is 8.04. The molecule has 0 aliphatic carbocycles. The molecule has 0 aliphatic heterocycles. The van der Waals surface area contributed by atoms with Crippen LogP contribution in [0.25, 0.3) is 0 Å². The van der Waals surface area contributed by atoms with E-state index in [0.717, 1.165) is 12.8 Å². The number of carbonyl (C=O) groups is 3. The second-order valence-electron chi connectivity index (χ2n) is 5.84. The molecule has 1 rings (SSSR count). The van der Waals surface area contributed by atoms with Crippen LogP contribution in [0.4, 0.5) is 10.5 Å². The van der Waals surface area contributed by atoms with E-state index in [1.807, 2.05) is 20.8 Å². The molecular formula is C17H25N3O4. The molecule has 24 heavy (non-hydrogen) atoms. The topological polar surface area (TPSA) is 108 Å². The Morgan fingerprint density at radius 2 is 1.71 bits per heavy atom. The quantitative estimate of drug-likeness (QED) is 0.585. The number of aliphatic carboxylic acids is 1. The SMILES string of the molecule is CCCC[C@H](NC(=O)c1ccc(NC(=O)NC(C)C)cc1)C(=O)O. The molecule has 4 N–H and O–H groups in total. The molecule has 0 saturated heterocycles. The largest absolute Gasteiger partial charge is 0.480 e. The fourth-order valence-corrected chi connectivity index (χ4v) is 2.04. The average Bonchev–Trinajstić information content (AvgIpc) is 2.50. The normalized spacial score (nSPS) is 11.7. The van der Waals surface area contributed by atoms with Gasteiger partial charge in [-0.3, -0.25) is 4.79 Å². The number of rotatable bonds is 8. The van der Waals surface area contributed by atoms with Crippen molar-refractivity contribution >= 4 is 23.6 Å². The lowest BCUT2D eigenvalue weighted by Crippen LogP contribution is -2.40. The second-order valence-corrected chi connectivity index (χ2v) is 5.84. The first kappa shape index (κ1) is 19.5. The highest BCUT2D eigenvalue weighted by Crippen LogP contribution is 2.10. The zero-order valence-electron chi connectivity index (χ0n) is 14.3. The van der Waals surface area contributed by atoms with Gasteiger partial charge in [0.05, 0.1) is 0 Å². The summed E-state index contributed by atoms with van der Waals surface area (Å²) in [5.74, 6) is -1.49. The molecule has 132 valence electrons.